The molecule has 0 N–H and O–H groups in total. The van der Waals surface area contributed by atoms with E-state index in [-0.39, 0.29) is 17.8 Å². The first-order valence-corrected chi connectivity index (χ1v) is 6.98. The zero-order valence-corrected chi connectivity index (χ0v) is 12.1. The molecule has 3 rings (SSSR count). The Morgan fingerprint density at radius 3 is 2.90 bits per heavy atom. The van der Waals surface area contributed by atoms with Gasteiger partial charge in [0.05, 0.1) is 12.2 Å². The number of hydrogen-bond acceptors (Lipinski definition) is 4. The third-order valence-electron chi connectivity index (χ3n) is 3.70. The molecular weight excluding hydrogens is 256 g/mol. The maximum atomic E-state index is 12.1. The molecule has 0 aromatic carbocycles. The molecule has 0 radical (unpaired) electrons. The SMILES string of the molecule is CC(C)(C)OC(=O)N1CC[C@]2(c3ccccn3)O[C@@H]2C1. The molecule has 5 nitrogen and oxygen atoms in total. The number of fused-ring (bicyclic) bond motifs is 1. The Balaban J connectivity index is 1.65. The van der Waals surface area contributed by atoms with Gasteiger partial charge >= 0.3 is 6.09 Å². The summed E-state index contributed by atoms with van der Waals surface area (Å²) in [5.74, 6) is 0. The minimum absolute atomic E-state index is 0.0404. The van der Waals surface area contributed by atoms with Crippen LogP contribution in [0.3, 0.4) is 0 Å². The molecule has 0 bridgehead atoms. The molecule has 3 heterocycles. The highest BCUT2D eigenvalue weighted by Crippen LogP contribution is 2.51. The van der Waals surface area contributed by atoms with Gasteiger partial charge in [-0.25, -0.2) is 4.79 Å². The first-order chi connectivity index (χ1) is 9.41. The van der Waals surface area contributed by atoms with Gasteiger partial charge in [-0.1, -0.05) is 6.07 Å². The Kier molecular flexibility index (Phi) is 2.97. The van der Waals surface area contributed by atoms with Crippen molar-refractivity contribution in [2.45, 2.75) is 44.5 Å². The summed E-state index contributed by atoms with van der Waals surface area (Å²) in [7, 11) is 0. The van der Waals surface area contributed by atoms with Gasteiger partial charge in [-0.3, -0.25) is 4.98 Å². The second-order valence-corrected chi connectivity index (χ2v) is 6.39. The molecule has 1 amide bonds. The molecule has 2 aliphatic heterocycles. The molecule has 0 spiro atoms. The van der Waals surface area contributed by atoms with Gasteiger partial charge in [0.15, 0.2) is 0 Å². The average molecular weight is 276 g/mol. The van der Waals surface area contributed by atoms with E-state index < -0.39 is 5.60 Å². The normalized spacial score (nSPS) is 28.8. The molecule has 0 saturated carbocycles. The fourth-order valence-corrected chi connectivity index (χ4v) is 2.68. The maximum Gasteiger partial charge on any atom is 0.410 e. The van der Waals surface area contributed by atoms with Crippen molar-refractivity contribution in [2.24, 2.45) is 0 Å². The van der Waals surface area contributed by atoms with Gasteiger partial charge in [0, 0.05) is 19.2 Å². The van der Waals surface area contributed by atoms with Crippen molar-refractivity contribution < 1.29 is 14.3 Å². The quantitative estimate of drug-likeness (QED) is 0.739. The summed E-state index contributed by atoms with van der Waals surface area (Å²) >= 11 is 0. The third kappa shape index (κ3) is 2.38. The van der Waals surface area contributed by atoms with Crippen molar-refractivity contribution in [3.05, 3.63) is 30.1 Å². The topological polar surface area (TPSA) is 55.0 Å². The van der Waals surface area contributed by atoms with Gasteiger partial charge in [-0.05, 0) is 32.9 Å². The highest BCUT2D eigenvalue weighted by Gasteiger charge is 2.61. The number of rotatable bonds is 1. The Morgan fingerprint density at radius 1 is 1.50 bits per heavy atom. The second kappa shape index (κ2) is 4.45. The van der Waals surface area contributed by atoms with Gasteiger partial charge in [0.1, 0.15) is 17.3 Å². The fourth-order valence-electron chi connectivity index (χ4n) is 2.68. The van der Waals surface area contributed by atoms with Gasteiger partial charge in [0.2, 0.25) is 0 Å². The van der Waals surface area contributed by atoms with E-state index >= 15 is 0 Å². The van der Waals surface area contributed by atoms with Crippen molar-refractivity contribution in [1.82, 2.24) is 9.88 Å². The molecule has 5 heteroatoms. The van der Waals surface area contributed by atoms with Crippen LogP contribution >= 0.6 is 0 Å². The van der Waals surface area contributed by atoms with E-state index in [0.717, 1.165) is 12.1 Å². The predicted molar refractivity (Wildman–Crippen MR) is 73.2 cm³/mol. The predicted octanol–water partition coefficient (Wildman–Crippen LogP) is 2.32. The van der Waals surface area contributed by atoms with Crippen LogP contribution in [0, 0.1) is 0 Å². The van der Waals surface area contributed by atoms with Crippen molar-refractivity contribution >= 4 is 6.09 Å². The molecular formula is C15H20N2O3. The molecule has 1 aromatic heterocycles. The van der Waals surface area contributed by atoms with Crippen molar-refractivity contribution in [1.29, 1.82) is 0 Å². The summed E-state index contributed by atoms with van der Waals surface area (Å²) < 4.78 is 11.2. The number of likely N-dealkylation sites (tertiary alicyclic amines) is 1. The van der Waals surface area contributed by atoms with Crippen LogP contribution < -0.4 is 0 Å². The van der Waals surface area contributed by atoms with E-state index in [9.17, 15) is 4.79 Å². The van der Waals surface area contributed by atoms with Crippen LogP contribution in [-0.4, -0.2) is 40.8 Å². The van der Waals surface area contributed by atoms with Crippen LogP contribution in [0.2, 0.25) is 0 Å². The zero-order valence-electron chi connectivity index (χ0n) is 12.1. The Hall–Kier alpha value is -1.62. The molecule has 2 saturated heterocycles. The number of ether oxygens (including phenoxy) is 2. The summed E-state index contributed by atoms with van der Waals surface area (Å²) in [6.45, 7) is 6.84. The number of nitrogens with zero attached hydrogens (tertiary/aromatic N) is 2. The van der Waals surface area contributed by atoms with Crippen LogP contribution in [0.25, 0.3) is 0 Å². The largest absolute Gasteiger partial charge is 0.444 e. The lowest BCUT2D eigenvalue weighted by Crippen LogP contribution is -2.44. The minimum Gasteiger partial charge on any atom is -0.444 e. The second-order valence-electron chi connectivity index (χ2n) is 6.39. The number of pyridine rings is 1. The lowest BCUT2D eigenvalue weighted by atomic mass is 9.93. The Morgan fingerprint density at radius 2 is 2.30 bits per heavy atom. The highest BCUT2D eigenvalue weighted by molar-refractivity contribution is 5.68. The lowest BCUT2D eigenvalue weighted by molar-refractivity contribution is 0.0217. The minimum atomic E-state index is -0.461. The van der Waals surface area contributed by atoms with Crippen molar-refractivity contribution in [3.63, 3.8) is 0 Å². The molecule has 1 aromatic rings. The number of hydrogen-bond donors (Lipinski definition) is 0. The van der Waals surface area contributed by atoms with Crippen LogP contribution in [-0.2, 0) is 15.1 Å². The smallest absolute Gasteiger partial charge is 0.410 e. The number of epoxide rings is 1. The van der Waals surface area contributed by atoms with E-state index in [0.29, 0.717) is 13.1 Å². The molecule has 20 heavy (non-hydrogen) atoms. The number of carbonyl (C=O) groups is 1. The molecule has 2 aliphatic rings. The van der Waals surface area contributed by atoms with Crippen LogP contribution in [0.1, 0.15) is 32.9 Å². The molecule has 2 atom stereocenters. The maximum absolute atomic E-state index is 12.1. The molecule has 2 fully saturated rings. The summed E-state index contributed by atoms with van der Waals surface area (Å²) in [5, 5.41) is 0. The van der Waals surface area contributed by atoms with Gasteiger partial charge < -0.3 is 14.4 Å². The monoisotopic (exact) mass is 276 g/mol. The van der Waals surface area contributed by atoms with Crippen molar-refractivity contribution in [2.75, 3.05) is 13.1 Å². The fraction of sp³-hybridized carbons (Fsp3) is 0.600. The summed E-state index contributed by atoms with van der Waals surface area (Å²) in [4.78, 5) is 18.2. The lowest BCUT2D eigenvalue weighted by Gasteiger charge is -2.30. The Bertz CT molecular complexity index is 512. The van der Waals surface area contributed by atoms with E-state index in [1.54, 1.807) is 11.1 Å². The number of aromatic nitrogens is 1. The summed E-state index contributed by atoms with van der Waals surface area (Å²) in [6.07, 6.45) is 2.33. The van der Waals surface area contributed by atoms with E-state index in [2.05, 4.69) is 4.98 Å². The number of amides is 1. The average Bonchev–Trinajstić information content (AvgIpc) is 3.12. The van der Waals surface area contributed by atoms with E-state index in [1.807, 2.05) is 39.0 Å². The molecule has 0 aliphatic carbocycles. The number of carbonyl (C=O) groups excluding carboxylic acids is 1. The summed E-state index contributed by atoms with van der Waals surface area (Å²) in [5.41, 5.74) is 0.227. The van der Waals surface area contributed by atoms with Gasteiger partial charge in [-0.2, -0.15) is 0 Å². The van der Waals surface area contributed by atoms with E-state index in [1.165, 1.54) is 0 Å². The Labute approximate surface area is 118 Å². The first-order valence-electron chi connectivity index (χ1n) is 6.98. The first kappa shape index (κ1) is 13.4. The van der Waals surface area contributed by atoms with Gasteiger partial charge in [-0.15, -0.1) is 0 Å². The highest BCUT2D eigenvalue weighted by atomic mass is 16.6. The standard InChI is InChI=1S/C15H20N2O3/c1-14(2,3)20-13(18)17-9-7-15(12(10-17)19-15)11-6-4-5-8-16-11/h4-6,8,12H,7,9-10H2,1-3H3/t12-,15-/m1/s1. The van der Waals surface area contributed by atoms with Crippen LogP contribution in [0.5, 0.6) is 0 Å². The molecule has 0 unspecified atom stereocenters. The number of piperidine rings is 1. The van der Waals surface area contributed by atoms with Crippen LogP contribution in [0.4, 0.5) is 4.79 Å². The van der Waals surface area contributed by atoms with E-state index in [4.69, 9.17) is 9.47 Å². The van der Waals surface area contributed by atoms with Crippen molar-refractivity contribution in [3.8, 4) is 0 Å². The van der Waals surface area contributed by atoms with Gasteiger partial charge in [0.25, 0.3) is 0 Å². The molecule has 108 valence electrons. The van der Waals surface area contributed by atoms with Crippen LogP contribution in [0.15, 0.2) is 24.4 Å². The zero-order chi connectivity index (χ0) is 14.4. The third-order valence-corrected chi connectivity index (χ3v) is 3.70. The summed E-state index contributed by atoms with van der Waals surface area (Å²) in [6, 6.07) is 5.85.